The first-order chi connectivity index (χ1) is 2.73. The zero-order valence-electron chi connectivity index (χ0n) is 2.57. The van der Waals surface area contributed by atoms with Crippen molar-refractivity contribution in [1.82, 2.24) is 0 Å². The molecular formula is HN2O3S-. The first-order valence-corrected chi connectivity index (χ1v) is 1.75. The summed E-state index contributed by atoms with van der Waals surface area (Å²) >= 11 is -2.86. The second kappa shape index (κ2) is 8.82. The van der Waals surface area contributed by atoms with E-state index in [2.05, 4.69) is 0 Å². The van der Waals surface area contributed by atoms with Crippen LogP contribution in [0.1, 0.15) is 0 Å². The second-order valence-corrected chi connectivity index (χ2v) is 0.651. The Morgan fingerprint density at radius 3 is 1.67 bits per heavy atom. The van der Waals surface area contributed by atoms with Crippen LogP contribution in [0.5, 0.6) is 0 Å². The highest BCUT2D eigenvalue weighted by Gasteiger charge is 1.42. The summed E-state index contributed by atoms with van der Waals surface area (Å²) in [6, 6.07) is 0. The van der Waals surface area contributed by atoms with E-state index in [0.717, 1.165) is 0 Å². The summed E-state index contributed by atoms with van der Waals surface area (Å²) in [6.45, 7) is 0. The summed E-state index contributed by atoms with van der Waals surface area (Å²) in [5.74, 6) is 0. The largest absolute Gasteiger partial charge is 0.750 e. The van der Waals surface area contributed by atoms with E-state index in [1.807, 2.05) is 0 Å². The zero-order chi connectivity index (χ0) is 5.58. The third-order valence-corrected chi connectivity index (χ3v) is 0. The standard InChI is InChI=1S/N2.H2O3S/c1-2;1-4(2)3/h;(H2,1,2,3)/p-1. The first kappa shape index (κ1) is 9.09. The Labute approximate surface area is 36.5 Å². The van der Waals surface area contributed by atoms with Crippen molar-refractivity contribution in [2.45, 2.75) is 0 Å². The molecule has 6 heavy (non-hydrogen) atoms. The van der Waals surface area contributed by atoms with Gasteiger partial charge < -0.3 is 9.11 Å². The molecule has 0 aliphatic carbocycles. The molecule has 0 radical (unpaired) electrons. The zero-order valence-corrected chi connectivity index (χ0v) is 3.38. The van der Waals surface area contributed by atoms with Crippen LogP contribution < -0.4 is 0 Å². The van der Waals surface area contributed by atoms with E-state index in [9.17, 15) is 0 Å². The van der Waals surface area contributed by atoms with Gasteiger partial charge in [0.2, 0.25) is 0 Å². The number of hydrogen-bond donors (Lipinski definition) is 1. The predicted octanol–water partition coefficient (Wildman–Crippen LogP) is -0.631. The SMILES string of the molecule is N#N.O=S([O-])O. The minimum atomic E-state index is -2.86. The molecule has 0 saturated heterocycles. The van der Waals surface area contributed by atoms with Crippen molar-refractivity contribution < 1.29 is 13.3 Å². The normalized spacial score (nSPS) is 10.7. The molecule has 0 aromatic carbocycles. The minimum absolute atomic E-state index is 2.86. The van der Waals surface area contributed by atoms with Gasteiger partial charge in [0.05, 0.1) is 11.4 Å². The lowest BCUT2D eigenvalue weighted by molar-refractivity contribution is 0.436. The van der Waals surface area contributed by atoms with Crippen LogP contribution in [0.3, 0.4) is 0 Å². The van der Waals surface area contributed by atoms with Crippen molar-refractivity contribution >= 4 is 11.4 Å². The van der Waals surface area contributed by atoms with Crippen LogP contribution in [0.25, 0.3) is 0 Å². The average Bonchev–Trinajstić information content (AvgIpc) is 1.41. The van der Waals surface area contributed by atoms with Crippen LogP contribution in [0.4, 0.5) is 0 Å². The Kier molecular flexibility index (Phi) is 13.4. The highest BCUT2D eigenvalue weighted by Crippen LogP contribution is 1.43. The minimum Gasteiger partial charge on any atom is -0.750 e. The van der Waals surface area contributed by atoms with Crippen LogP contribution in [0.2, 0.25) is 0 Å². The summed E-state index contributed by atoms with van der Waals surface area (Å²) in [5, 5.41) is 12.0. The van der Waals surface area contributed by atoms with Gasteiger partial charge in [0.15, 0.2) is 0 Å². The number of nitrogens with zero attached hydrogens (tertiary/aromatic N) is 2. The lowest BCUT2D eigenvalue weighted by Crippen LogP contribution is -1.75. The molecule has 0 amide bonds. The molecular weight excluding hydrogens is 108 g/mol. The first-order valence-electron chi connectivity index (χ1n) is 0.716. The topological polar surface area (TPSA) is 108 Å². The van der Waals surface area contributed by atoms with E-state index in [1.54, 1.807) is 0 Å². The molecule has 0 rings (SSSR count). The third kappa shape index (κ3) is 83.2. The van der Waals surface area contributed by atoms with E-state index in [0.29, 0.717) is 0 Å². The summed E-state index contributed by atoms with van der Waals surface area (Å²) in [7, 11) is 0. The molecule has 36 valence electrons. The lowest BCUT2D eigenvalue weighted by Gasteiger charge is -1.83. The lowest BCUT2D eigenvalue weighted by atomic mass is 13.4. The van der Waals surface area contributed by atoms with E-state index in [4.69, 9.17) is 24.1 Å². The Balaban J connectivity index is 0. The van der Waals surface area contributed by atoms with E-state index >= 15 is 0 Å². The fraction of sp³-hybridized carbons (Fsp3) is 0. The molecule has 1 atom stereocenters. The smallest absolute Gasteiger partial charge is 0.0814 e. The molecule has 1 N–H and O–H groups in total. The predicted molar refractivity (Wildman–Crippen MR) is 15.0 cm³/mol. The van der Waals surface area contributed by atoms with Crippen molar-refractivity contribution in [1.29, 1.82) is 10.8 Å². The molecule has 6 heteroatoms. The molecule has 0 spiro atoms. The molecule has 1 unspecified atom stereocenters. The Morgan fingerprint density at radius 2 is 1.67 bits per heavy atom. The van der Waals surface area contributed by atoms with E-state index in [1.165, 1.54) is 0 Å². The van der Waals surface area contributed by atoms with E-state index in [-0.39, 0.29) is 0 Å². The van der Waals surface area contributed by atoms with Crippen LogP contribution in [0.15, 0.2) is 0 Å². The molecule has 0 fully saturated rings. The Hall–Kier alpha value is -0.510. The van der Waals surface area contributed by atoms with Gasteiger partial charge in [-0.15, -0.1) is 0 Å². The van der Waals surface area contributed by atoms with Gasteiger partial charge in [-0.2, -0.15) is 0 Å². The monoisotopic (exact) mass is 109 g/mol. The fourth-order valence-electron chi connectivity index (χ4n) is 0. The Bertz CT molecular complexity index is 53.1. The van der Waals surface area contributed by atoms with Crippen molar-refractivity contribution in [3.8, 4) is 0 Å². The molecule has 0 aliphatic rings. The molecule has 0 aromatic rings. The van der Waals surface area contributed by atoms with Crippen LogP contribution >= 0.6 is 0 Å². The third-order valence-electron chi connectivity index (χ3n) is 0. The van der Waals surface area contributed by atoms with Gasteiger partial charge in [0.25, 0.3) is 0 Å². The molecule has 0 aromatic heterocycles. The van der Waals surface area contributed by atoms with Crippen LogP contribution in [-0.4, -0.2) is 13.3 Å². The van der Waals surface area contributed by atoms with Crippen LogP contribution in [-0.2, 0) is 11.4 Å². The van der Waals surface area contributed by atoms with E-state index < -0.39 is 11.4 Å². The van der Waals surface area contributed by atoms with Gasteiger partial charge in [0.1, 0.15) is 0 Å². The number of rotatable bonds is 0. The summed E-state index contributed by atoms with van der Waals surface area (Å²) in [4.78, 5) is 0. The summed E-state index contributed by atoms with van der Waals surface area (Å²) in [6.07, 6.45) is 0. The maximum atomic E-state index is 8.56. The van der Waals surface area contributed by atoms with Gasteiger partial charge in [-0.25, -0.2) is 4.21 Å². The molecule has 0 aliphatic heterocycles. The van der Waals surface area contributed by atoms with Crippen LogP contribution in [0, 0.1) is 10.8 Å². The highest BCUT2D eigenvalue weighted by atomic mass is 32.2. The second-order valence-electron chi connectivity index (χ2n) is 0.217. The summed E-state index contributed by atoms with van der Waals surface area (Å²) in [5.41, 5.74) is 0. The maximum Gasteiger partial charge on any atom is 0.0814 e. The van der Waals surface area contributed by atoms with Crippen molar-refractivity contribution in [3.05, 3.63) is 0 Å². The molecule has 0 saturated carbocycles. The van der Waals surface area contributed by atoms with Gasteiger partial charge in [-0.05, 0) is 0 Å². The van der Waals surface area contributed by atoms with Crippen molar-refractivity contribution in [3.63, 3.8) is 0 Å². The molecule has 0 heterocycles. The van der Waals surface area contributed by atoms with Gasteiger partial charge in [-0.1, -0.05) is 0 Å². The number of hydrogen-bond acceptors (Lipinski definition) is 4. The quantitative estimate of drug-likeness (QED) is 0.329. The van der Waals surface area contributed by atoms with Crippen molar-refractivity contribution in [2.75, 3.05) is 0 Å². The maximum absolute atomic E-state index is 8.56. The fourth-order valence-corrected chi connectivity index (χ4v) is 0. The highest BCUT2D eigenvalue weighted by molar-refractivity contribution is 7.73. The Morgan fingerprint density at radius 1 is 1.67 bits per heavy atom. The van der Waals surface area contributed by atoms with Gasteiger partial charge in [0, 0.05) is 10.8 Å². The molecule has 0 bridgehead atoms. The average molecular weight is 109 g/mol. The van der Waals surface area contributed by atoms with Gasteiger partial charge in [-0.3, -0.25) is 0 Å². The summed E-state index contributed by atoms with van der Waals surface area (Å²) < 4.78 is 24.1. The van der Waals surface area contributed by atoms with Crippen molar-refractivity contribution in [2.24, 2.45) is 0 Å². The molecule has 5 nitrogen and oxygen atoms in total. The van der Waals surface area contributed by atoms with Gasteiger partial charge >= 0.3 is 0 Å².